The van der Waals surface area contributed by atoms with Crippen LogP contribution in [0.2, 0.25) is 0 Å². The maximum Gasteiger partial charge on any atom is 0.243 e. The van der Waals surface area contributed by atoms with Crippen LogP contribution in [0.3, 0.4) is 0 Å². The Morgan fingerprint density at radius 2 is 1.96 bits per heavy atom. The minimum Gasteiger partial charge on any atom is -0.354 e. The van der Waals surface area contributed by atoms with Crippen molar-refractivity contribution in [3.63, 3.8) is 0 Å². The maximum absolute atomic E-state index is 12.7. The molecular formula is C19H20BrN3O4S. The Bertz CT molecular complexity index is 994. The second kappa shape index (κ2) is 8.85. The summed E-state index contributed by atoms with van der Waals surface area (Å²) in [4.78, 5) is 23.8. The number of amides is 2. The van der Waals surface area contributed by atoms with Crippen LogP contribution in [-0.4, -0.2) is 44.2 Å². The fourth-order valence-corrected chi connectivity index (χ4v) is 4.80. The van der Waals surface area contributed by atoms with Crippen molar-refractivity contribution in [1.82, 2.24) is 9.62 Å². The molecule has 0 bridgehead atoms. The van der Waals surface area contributed by atoms with E-state index in [0.29, 0.717) is 12.1 Å². The third-order valence-corrected chi connectivity index (χ3v) is 6.95. The number of anilines is 1. The highest BCUT2D eigenvalue weighted by atomic mass is 79.9. The van der Waals surface area contributed by atoms with Gasteiger partial charge in [-0.25, -0.2) is 8.42 Å². The summed E-state index contributed by atoms with van der Waals surface area (Å²) in [6.45, 7) is 0.297. The highest BCUT2D eigenvalue weighted by molar-refractivity contribution is 9.10. The van der Waals surface area contributed by atoms with Gasteiger partial charge in [-0.1, -0.05) is 40.2 Å². The van der Waals surface area contributed by atoms with Gasteiger partial charge >= 0.3 is 0 Å². The summed E-state index contributed by atoms with van der Waals surface area (Å²) in [5.74, 6) is -0.533. The van der Waals surface area contributed by atoms with Crippen LogP contribution < -0.4 is 10.6 Å². The lowest BCUT2D eigenvalue weighted by molar-refractivity contribution is -0.122. The molecule has 1 saturated heterocycles. The van der Waals surface area contributed by atoms with Crippen LogP contribution in [-0.2, 0) is 26.0 Å². The van der Waals surface area contributed by atoms with E-state index in [0.717, 1.165) is 14.3 Å². The van der Waals surface area contributed by atoms with Crippen LogP contribution in [0.15, 0.2) is 57.9 Å². The van der Waals surface area contributed by atoms with Gasteiger partial charge in [0.15, 0.2) is 0 Å². The highest BCUT2D eigenvalue weighted by Gasteiger charge is 2.29. The largest absolute Gasteiger partial charge is 0.354 e. The molecule has 148 valence electrons. The molecule has 7 nitrogen and oxygen atoms in total. The van der Waals surface area contributed by atoms with Crippen molar-refractivity contribution >= 4 is 43.5 Å². The Balaban J connectivity index is 1.66. The quantitative estimate of drug-likeness (QED) is 0.682. The number of benzene rings is 2. The Kier molecular flexibility index (Phi) is 6.48. The fourth-order valence-electron chi connectivity index (χ4n) is 2.88. The van der Waals surface area contributed by atoms with Gasteiger partial charge in [-0.05, 0) is 36.2 Å². The molecule has 2 amide bonds. The maximum atomic E-state index is 12.7. The molecule has 0 radical (unpaired) electrons. The zero-order valence-corrected chi connectivity index (χ0v) is 17.4. The number of hydrogen-bond donors (Lipinski definition) is 2. The van der Waals surface area contributed by atoms with Gasteiger partial charge < -0.3 is 10.6 Å². The van der Waals surface area contributed by atoms with E-state index >= 15 is 0 Å². The highest BCUT2D eigenvalue weighted by Crippen LogP contribution is 2.21. The van der Waals surface area contributed by atoms with E-state index in [4.69, 9.17) is 0 Å². The molecule has 1 heterocycles. The Labute approximate surface area is 172 Å². The number of aryl methyl sites for hydroxylation is 1. The van der Waals surface area contributed by atoms with Gasteiger partial charge in [0.2, 0.25) is 21.8 Å². The van der Waals surface area contributed by atoms with Crippen molar-refractivity contribution < 1.29 is 18.0 Å². The molecule has 0 atom stereocenters. The summed E-state index contributed by atoms with van der Waals surface area (Å²) >= 11 is 3.46. The molecule has 0 spiro atoms. The number of carbonyl (C=O) groups is 2. The number of halogens is 1. The summed E-state index contributed by atoms with van der Waals surface area (Å²) in [7, 11) is -3.80. The summed E-state index contributed by atoms with van der Waals surface area (Å²) in [5.41, 5.74) is 1.43. The number of carbonyl (C=O) groups excluding carboxylic acids is 2. The van der Waals surface area contributed by atoms with Gasteiger partial charge in [0.1, 0.15) is 0 Å². The number of rotatable bonds is 6. The Hall–Kier alpha value is -2.23. The first-order valence-electron chi connectivity index (χ1n) is 8.76. The fraction of sp³-hybridized carbons (Fsp3) is 0.263. The number of sulfonamides is 1. The topological polar surface area (TPSA) is 95.6 Å². The first-order valence-corrected chi connectivity index (χ1v) is 11.0. The number of hydrogen-bond acceptors (Lipinski definition) is 4. The first kappa shape index (κ1) is 20.5. The second-order valence-corrected chi connectivity index (χ2v) is 9.15. The predicted octanol–water partition coefficient (Wildman–Crippen LogP) is 2.14. The van der Waals surface area contributed by atoms with Gasteiger partial charge in [-0.15, -0.1) is 0 Å². The van der Waals surface area contributed by atoms with Gasteiger partial charge in [0.05, 0.1) is 11.4 Å². The number of piperazine rings is 1. The monoisotopic (exact) mass is 465 g/mol. The van der Waals surface area contributed by atoms with Gasteiger partial charge in [0, 0.05) is 29.7 Å². The van der Waals surface area contributed by atoms with E-state index < -0.39 is 10.0 Å². The summed E-state index contributed by atoms with van der Waals surface area (Å²) in [6.07, 6.45) is 0.833. The minimum absolute atomic E-state index is 0.0470. The molecule has 1 aliphatic rings. The van der Waals surface area contributed by atoms with Crippen LogP contribution in [0.4, 0.5) is 5.69 Å². The molecule has 0 saturated carbocycles. The van der Waals surface area contributed by atoms with E-state index in [-0.39, 0.29) is 42.8 Å². The molecule has 3 rings (SSSR count). The van der Waals surface area contributed by atoms with Gasteiger partial charge in [-0.3, -0.25) is 9.59 Å². The van der Waals surface area contributed by atoms with Crippen molar-refractivity contribution in [2.45, 2.75) is 17.7 Å². The summed E-state index contributed by atoms with van der Waals surface area (Å²) < 4.78 is 27.6. The van der Waals surface area contributed by atoms with Crippen LogP contribution in [0.5, 0.6) is 0 Å². The zero-order valence-electron chi connectivity index (χ0n) is 15.0. The summed E-state index contributed by atoms with van der Waals surface area (Å²) in [6, 6.07) is 13.8. The third-order valence-electron chi connectivity index (χ3n) is 4.34. The minimum atomic E-state index is -3.80. The molecule has 0 unspecified atom stereocenters. The van der Waals surface area contributed by atoms with Crippen molar-refractivity contribution in [2.75, 3.05) is 25.0 Å². The summed E-state index contributed by atoms with van der Waals surface area (Å²) in [5, 5.41) is 5.34. The van der Waals surface area contributed by atoms with Gasteiger partial charge in [-0.2, -0.15) is 4.31 Å². The van der Waals surface area contributed by atoms with Crippen molar-refractivity contribution in [1.29, 1.82) is 0 Å². The van der Waals surface area contributed by atoms with Crippen LogP contribution in [0.25, 0.3) is 0 Å². The van der Waals surface area contributed by atoms with Gasteiger partial charge in [0.25, 0.3) is 0 Å². The van der Waals surface area contributed by atoms with E-state index in [9.17, 15) is 18.0 Å². The van der Waals surface area contributed by atoms with Crippen LogP contribution in [0, 0.1) is 0 Å². The number of nitrogens with one attached hydrogen (secondary N) is 2. The molecule has 9 heteroatoms. The zero-order chi connectivity index (χ0) is 20.1. The molecule has 0 aromatic heterocycles. The average molecular weight is 466 g/mol. The lowest BCUT2D eigenvalue weighted by Gasteiger charge is -2.26. The van der Waals surface area contributed by atoms with Crippen molar-refractivity contribution in [3.05, 3.63) is 58.6 Å². The lowest BCUT2D eigenvalue weighted by Crippen LogP contribution is -2.49. The standard InChI is InChI=1S/C19H20BrN3O4S/c20-17-7-2-1-4-14(17)8-9-18(24)22-15-5-3-6-16(12-15)28(26,27)23-11-10-21-19(25)13-23/h1-7,12H,8-11,13H2,(H,21,25)(H,22,24). The van der Waals surface area contributed by atoms with E-state index in [1.54, 1.807) is 12.1 Å². The van der Waals surface area contributed by atoms with Crippen LogP contribution in [0.1, 0.15) is 12.0 Å². The Morgan fingerprint density at radius 3 is 2.71 bits per heavy atom. The third kappa shape index (κ3) is 4.98. The molecule has 1 aliphatic heterocycles. The van der Waals surface area contributed by atoms with Crippen molar-refractivity contribution in [3.8, 4) is 0 Å². The Morgan fingerprint density at radius 1 is 1.18 bits per heavy atom. The molecule has 2 aromatic rings. The van der Waals surface area contributed by atoms with Crippen LogP contribution >= 0.6 is 15.9 Å². The average Bonchev–Trinajstić information content (AvgIpc) is 2.67. The van der Waals surface area contributed by atoms with E-state index in [1.165, 1.54) is 12.1 Å². The van der Waals surface area contributed by atoms with Crippen molar-refractivity contribution in [2.24, 2.45) is 0 Å². The molecular weight excluding hydrogens is 446 g/mol. The smallest absolute Gasteiger partial charge is 0.243 e. The molecule has 1 fully saturated rings. The predicted molar refractivity (Wildman–Crippen MR) is 109 cm³/mol. The van der Waals surface area contributed by atoms with E-state index in [2.05, 4.69) is 26.6 Å². The second-order valence-electron chi connectivity index (χ2n) is 6.36. The molecule has 2 N–H and O–H groups in total. The molecule has 28 heavy (non-hydrogen) atoms. The first-order chi connectivity index (χ1) is 13.4. The SMILES string of the molecule is O=C1CN(S(=O)(=O)c2cccc(NC(=O)CCc3ccccc3Br)c2)CCN1. The molecule has 0 aliphatic carbocycles. The lowest BCUT2D eigenvalue weighted by atomic mass is 10.1. The number of nitrogens with zero attached hydrogens (tertiary/aromatic N) is 1. The van der Waals surface area contributed by atoms with E-state index in [1.807, 2.05) is 24.3 Å². The molecule has 2 aromatic carbocycles. The normalized spacial score (nSPS) is 15.1.